The average Bonchev–Trinajstić information content (AvgIpc) is 3.45. The molecule has 1 N–H and O–H groups in total. The lowest BCUT2D eigenvalue weighted by Gasteiger charge is -2.22. The number of aromatic nitrogens is 4. The lowest BCUT2D eigenvalue weighted by molar-refractivity contribution is -0.128. The zero-order chi connectivity index (χ0) is 26.9. The summed E-state index contributed by atoms with van der Waals surface area (Å²) in [6.07, 6.45) is 2.70. The van der Waals surface area contributed by atoms with E-state index in [1.54, 1.807) is 6.92 Å². The predicted octanol–water partition coefficient (Wildman–Crippen LogP) is 3.89. The van der Waals surface area contributed by atoms with Crippen molar-refractivity contribution >= 4 is 28.8 Å². The fourth-order valence-electron chi connectivity index (χ4n) is 5.34. The maximum absolute atomic E-state index is 12.0. The van der Waals surface area contributed by atoms with Gasteiger partial charge in [-0.1, -0.05) is 35.4 Å². The molecule has 0 spiro atoms. The van der Waals surface area contributed by atoms with Crippen LogP contribution in [-0.2, 0) is 17.9 Å². The van der Waals surface area contributed by atoms with Crippen molar-refractivity contribution in [3.05, 3.63) is 65.0 Å². The molecule has 1 amide bonds. The van der Waals surface area contributed by atoms with E-state index in [2.05, 4.69) is 46.8 Å². The fourth-order valence-corrected chi connectivity index (χ4v) is 5.34. The summed E-state index contributed by atoms with van der Waals surface area (Å²) in [7, 11) is 0. The normalized spacial score (nSPS) is 15.1. The van der Waals surface area contributed by atoms with Crippen LogP contribution in [0.1, 0.15) is 35.6 Å². The number of anilines is 2. The highest BCUT2D eigenvalue weighted by Gasteiger charge is 2.22. The van der Waals surface area contributed by atoms with E-state index in [-0.39, 0.29) is 12.7 Å². The van der Waals surface area contributed by atoms with Crippen molar-refractivity contribution in [2.24, 2.45) is 0 Å². The molecule has 0 unspecified atom stereocenters. The van der Waals surface area contributed by atoms with Gasteiger partial charge in [0, 0.05) is 39.6 Å². The molecule has 10 heteroatoms. The summed E-state index contributed by atoms with van der Waals surface area (Å²) in [5.41, 5.74) is 6.22. The molecule has 0 atom stereocenters. The number of carbonyl (C=O) groups excluding carboxylic acids is 1. The number of ether oxygens (including phenoxy) is 2. The monoisotopic (exact) mass is 527 g/mol. The van der Waals surface area contributed by atoms with E-state index >= 15 is 0 Å². The van der Waals surface area contributed by atoms with Gasteiger partial charge in [-0.2, -0.15) is 9.97 Å². The van der Waals surface area contributed by atoms with Crippen LogP contribution in [0.4, 0.5) is 11.8 Å². The Hall–Kier alpha value is -4.34. The number of fused-ring (bicyclic) bond motifs is 2. The molecule has 1 saturated heterocycles. The van der Waals surface area contributed by atoms with Crippen molar-refractivity contribution < 1.29 is 14.3 Å². The number of rotatable bonds is 6. The minimum Gasteiger partial charge on any atom is -0.454 e. The highest BCUT2D eigenvalue weighted by atomic mass is 16.7. The molecule has 39 heavy (non-hydrogen) atoms. The zero-order valence-corrected chi connectivity index (χ0v) is 22.6. The molecule has 10 nitrogen and oxygen atoms in total. The van der Waals surface area contributed by atoms with Gasteiger partial charge in [-0.15, -0.1) is 0 Å². The highest BCUT2D eigenvalue weighted by Crippen LogP contribution is 2.33. The molecule has 6 rings (SSSR count). The van der Waals surface area contributed by atoms with Crippen molar-refractivity contribution in [2.45, 2.75) is 40.3 Å². The SMILES string of the molecule is CC(=O)N1CCCN(c2nc(NCc3ccc4c(c3)OCO4)c3ncn(Cc4cc(C)cc(C)c4)c3n2)CC1. The molecular formula is C29H33N7O3. The lowest BCUT2D eigenvalue weighted by Crippen LogP contribution is -2.34. The molecule has 2 aliphatic rings. The van der Waals surface area contributed by atoms with Gasteiger partial charge < -0.3 is 29.2 Å². The van der Waals surface area contributed by atoms with Gasteiger partial charge in [-0.3, -0.25) is 4.79 Å². The Balaban J connectivity index is 1.34. The average molecular weight is 528 g/mol. The molecule has 0 aliphatic carbocycles. The van der Waals surface area contributed by atoms with E-state index in [1.807, 2.05) is 29.4 Å². The summed E-state index contributed by atoms with van der Waals surface area (Å²) in [4.78, 5) is 30.7. The number of nitrogens with zero attached hydrogens (tertiary/aromatic N) is 6. The smallest absolute Gasteiger partial charge is 0.231 e. The van der Waals surface area contributed by atoms with Gasteiger partial charge in [0.1, 0.15) is 0 Å². The van der Waals surface area contributed by atoms with Gasteiger partial charge >= 0.3 is 0 Å². The molecule has 0 radical (unpaired) electrons. The number of hydrogen-bond acceptors (Lipinski definition) is 8. The third-order valence-corrected chi connectivity index (χ3v) is 7.21. The van der Waals surface area contributed by atoms with Crippen molar-refractivity contribution in [1.82, 2.24) is 24.4 Å². The first kappa shape index (κ1) is 25.0. The van der Waals surface area contributed by atoms with Crippen molar-refractivity contribution in [1.29, 1.82) is 0 Å². The second-order valence-corrected chi connectivity index (χ2v) is 10.3. The summed E-state index contributed by atoms with van der Waals surface area (Å²) < 4.78 is 13.1. The van der Waals surface area contributed by atoms with Crippen molar-refractivity contribution in [2.75, 3.05) is 43.2 Å². The van der Waals surface area contributed by atoms with Crippen LogP contribution in [0.3, 0.4) is 0 Å². The number of imidazole rings is 1. The van der Waals surface area contributed by atoms with E-state index in [0.29, 0.717) is 37.9 Å². The minimum atomic E-state index is 0.103. The van der Waals surface area contributed by atoms with Crippen LogP contribution in [0.5, 0.6) is 11.5 Å². The highest BCUT2D eigenvalue weighted by molar-refractivity contribution is 5.84. The van der Waals surface area contributed by atoms with Gasteiger partial charge in [-0.05, 0) is 43.5 Å². The summed E-state index contributed by atoms with van der Waals surface area (Å²) in [5, 5.41) is 3.50. The molecule has 4 aromatic rings. The van der Waals surface area contributed by atoms with Crippen molar-refractivity contribution in [3.8, 4) is 11.5 Å². The second kappa shape index (κ2) is 10.4. The summed E-state index contributed by atoms with van der Waals surface area (Å²) >= 11 is 0. The Morgan fingerprint density at radius 1 is 0.949 bits per heavy atom. The Labute approximate surface area is 227 Å². The number of amides is 1. The third kappa shape index (κ3) is 5.32. The van der Waals surface area contributed by atoms with Crippen LogP contribution in [0, 0.1) is 13.8 Å². The number of aryl methyl sites for hydroxylation is 2. The van der Waals surface area contributed by atoms with E-state index in [9.17, 15) is 4.79 Å². The van der Waals surface area contributed by atoms with Crippen molar-refractivity contribution in [3.63, 3.8) is 0 Å². The number of nitrogens with one attached hydrogen (secondary N) is 1. The Morgan fingerprint density at radius 2 is 1.77 bits per heavy atom. The zero-order valence-electron chi connectivity index (χ0n) is 22.6. The molecule has 2 aliphatic heterocycles. The van der Waals surface area contributed by atoms with Gasteiger partial charge in [0.05, 0.1) is 12.9 Å². The first-order valence-corrected chi connectivity index (χ1v) is 13.4. The number of carbonyl (C=O) groups is 1. The van der Waals surface area contributed by atoms with Crippen LogP contribution in [-0.4, -0.2) is 63.3 Å². The molecule has 4 heterocycles. The molecule has 1 fully saturated rings. The van der Waals surface area contributed by atoms with E-state index in [4.69, 9.17) is 24.4 Å². The summed E-state index contributed by atoms with van der Waals surface area (Å²) in [6, 6.07) is 12.5. The summed E-state index contributed by atoms with van der Waals surface area (Å²) in [6.45, 7) is 10.2. The largest absolute Gasteiger partial charge is 0.454 e. The standard InChI is InChI=1S/C29H33N7O3/c1-19-11-20(2)13-23(12-19)16-36-17-31-26-27(30-15-22-5-6-24-25(14-22)39-18-38-24)32-29(33-28(26)36)35-8-4-7-34(9-10-35)21(3)37/h5-6,11-14,17H,4,7-10,15-16,18H2,1-3H3,(H,30,32,33). The van der Waals surface area contributed by atoms with E-state index in [0.717, 1.165) is 47.7 Å². The maximum atomic E-state index is 12.0. The maximum Gasteiger partial charge on any atom is 0.231 e. The summed E-state index contributed by atoms with van der Waals surface area (Å²) in [5.74, 6) is 2.94. The first-order valence-electron chi connectivity index (χ1n) is 13.4. The first-order chi connectivity index (χ1) is 18.9. The van der Waals surface area contributed by atoms with Gasteiger partial charge in [-0.25, -0.2) is 4.98 Å². The molecular weight excluding hydrogens is 494 g/mol. The molecule has 2 aromatic heterocycles. The van der Waals surface area contributed by atoms with Crippen LogP contribution >= 0.6 is 0 Å². The van der Waals surface area contributed by atoms with E-state index < -0.39 is 0 Å². The van der Waals surface area contributed by atoms with Gasteiger partial charge in [0.2, 0.25) is 18.6 Å². The quantitative estimate of drug-likeness (QED) is 0.403. The molecule has 0 bridgehead atoms. The van der Waals surface area contributed by atoms with Gasteiger partial charge in [0.15, 0.2) is 28.5 Å². The second-order valence-electron chi connectivity index (χ2n) is 10.3. The third-order valence-electron chi connectivity index (χ3n) is 7.21. The van der Waals surface area contributed by atoms with Crippen LogP contribution in [0.15, 0.2) is 42.7 Å². The minimum absolute atomic E-state index is 0.103. The fraction of sp³-hybridized carbons (Fsp3) is 0.379. The molecule has 2 aromatic carbocycles. The Bertz CT molecular complexity index is 1510. The van der Waals surface area contributed by atoms with Crippen LogP contribution in [0.25, 0.3) is 11.2 Å². The van der Waals surface area contributed by atoms with E-state index in [1.165, 1.54) is 16.7 Å². The molecule has 0 saturated carbocycles. The van der Waals surface area contributed by atoms with Crippen LogP contribution < -0.4 is 19.7 Å². The topological polar surface area (TPSA) is 97.6 Å². The predicted molar refractivity (Wildman–Crippen MR) is 149 cm³/mol. The Kier molecular flexibility index (Phi) is 6.68. The number of hydrogen-bond donors (Lipinski definition) is 1. The number of benzene rings is 2. The molecule has 202 valence electrons. The Morgan fingerprint density at radius 3 is 2.59 bits per heavy atom. The van der Waals surface area contributed by atoms with Gasteiger partial charge in [0.25, 0.3) is 0 Å². The lowest BCUT2D eigenvalue weighted by atomic mass is 10.1. The van der Waals surface area contributed by atoms with Crippen LogP contribution in [0.2, 0.25) is 0 Å².